The molecule has 18 heavy (non-hydrogen) atoms. The number of hydrogen-bond donors (Lipinski definition) is 0. The van der Waals surface area contributed by atoms with Crippen LogP contribution in [0.2, 0.25) is 0 Å². The fourth-order valence-corrected chi connectivity index (χ4v) is 3.19. The lowest BCUT2D eigenvalue weighted by Gasteiger charge is -2.09. The van der Waals surface area contributed by atoms with Gasteiger partial charge < -0.3 is 0 Å². The molecule has 98 valence electrons. The van der Waals surface area contributed by atoms with E-state index >= 15 is 0 Å². The zero-order chi connectivity index (χ0) is 13.5. The van der Waals surface area contributed by atoms with Crippen LogP contribution in [0.1, 0.15) is 51.4 Å². The molecule has 1 heteroatoms. The smallest absolute Gasteiger partial charge is 0.0109 e. The molecule has 1 heterocycles. The van der Waals surface area contributed by atoms with Crippen LogP contribution in [0.5, 0.6) is 0 Å². The summed E-state index contributed by atoms with van der Waals surface area (Å²) in [6.07, 6.45) is 7.86. The summed E-state index contributed by atoms with van der Waals surface area (Å²) in [6, 6.07) is 2.30. The van der Waals surface area contributed by atoms with Gasteiger partial charge in [0.05, 0.1) is 0 Å². The van der Waals surface area contributed by atoms with Crippen LogP contribution in [0.3, 0.4) is 0 Å². The Labute approximate surface area is 114 Å². The van der Waals surface area contributed by atoms with E-state index in [0.29, 0.717) is 0 Å². The maximum absolute atomic E-state index is 3.93. The monoisotopic (exact) mass is 260 g/mol. The summed E-state index contributed by atoms with van der Waals surface area (Å²) in [5.74, 6) is 2.31. The Hall–Kier alpha value is -1.000. The van der Waals surface area contributed by atoms with Gasteiger partial charge in [-0.3, -0.25) is 0 Å². The molecule has 0 amide bonds. The molecule has 1 atom stereocenters. The third kappa shape index (κ3) is 3.75. The Morgan fingerprint density at radius 2 is 2.06 bits per heavy atom. The van der Waals surface area contributed by atoms with Crippen molar-refractivity contribution in [3.63, 3.8) is 0 Å². The van der Waals surface area contributed by atoms with E-state index in [1.54, 1.807) is 5.30 Å². The molecule has 0 N–H and O–H groups in total. The average Bonchev–Trinajstić information content (AvgIpc) is 2.83. The lowest BCUT2D eigenvalue weighted by atomic mass is 9.97. The van der Waals surface area contributed by atoms with E-state index in [4.69, 9.17) is 0 Å². The van der Waals surface area contributed by atoms with Gasteiger partial charge in [0, 0.05) is 0 Å². The molecule has 1 unspecified atom stereocenters. The van der Waals surface area contributed by atoms with E-state index in [1.807, 2.05) is 6.08 Å². The van der Waals surface area contributed by atoms with E-state index in [-0.39, 0.29) is 0 Å². The Morgan fingerprint density at radius 3 is 2.61 bits per heavy atom. The predicted octanol–water partition coefficient (Wildman–Crippen LogP) is 5.99. The van der Waals surface area contributed by atoms with Crippen molar-refractivity contribution in [1.82, 2.24) is 0 Å². The molecule has 0 fully saturated rings. The highest BCUT2D eigenvalue weighted by molar-refractivity contribution is 7.30. The number of allylic oxidation sites excluding steroid dienone is 5. The van der Waals surface area contributed by atoms with Gasteiger partial charge >= 0.3 is 0 Å². The molecule has 0 saturated carbocycles. The van der Waals surface area contributed by atoms with Crippen LogP contribution in [0.4, 0.5) is 0 Å². The van der Waals surface area contributed by atoms with Crippen molar-refractivity contribution in [2.24, 2.45) is 0 Å². The maximum atomic E-state index is 3.93. The summed E-state index contributed by atoms with van der Waals surface area (Å²) in [5.41, 5.74) is 5.52. The minimum atomic E-state index is 0.872. The van der Waals surface area contributed by atoms with Crippen molar-refractivity contribution in [1.29, 1.82) is 0 Å². The topological polar surface area (TPSA) is 0 Å². The van der Waals surface area contributed by atoms with Crippen LogP contribution in [-0.4, -0.2) is 0 Å². The quantitative estimate of drug-likeness (QED) is 0.551. The van der Waals surface area contributed by atoms with Gasteiger partial charge in [0.15, 0.2) is 0 Å². The van der Waals surface area contributed by atoms with Gasteiger partial charge in [-0.2, -0.15) is 0 Å². The van der Waals surface area contributed by atoms with Crippen LogP contribution in [-0.2, 0) is 6.42 Å². The maximum Gasteiger partial charge on any atom is -0.0109 e. The van der Waals surface area contributed by atoms with Gasteiger partial charge in [-0.25, -0.2) is 0 Å². The van der Waals surface area contributed by atoms with E-state index in [9.17, 15) is 0 Å². The van der Waals surface area contributed by atoms with E-state index < -0.39 is 0 Å². The molecule has 0 aromatic carbocycles. The van der Waals surface area contributed by atoms with E-state index in [0.717, 1.165) is 14.6 Å². The van der Waals surface area contributed by atoms with Gasteiger partial charge in [-0.1, -0.05) is 50.6 Å². The second-order valence-corrected chi connectivity index (χ2v) is 5.99. The van der Waals surface area contributed by atoms with Crippen LogP contribution >= 0.6 is 8.19 Å². The fourth-order valence-electron chi connectivity index (χ4n) is 1.98. The molecular formula is C17H25P. The first-order chi connectivity index (χ1) is 8.63. The van der Waals surface area contributed by atoms with Crippen molar-refractivity contribution in [3.05, 3.63) is 52.6 Å². The molecule has 1 aromatic heterocycles. The van der Waals surface area contributed by atoms with Crippen molar-refractivity contribution in [2.75, 3.05) is 0 Å². The second-order valence-electron chi connectivity index (χ2n) is 4.76. The number of aryl methyl sites for hydroxylation is 1. The van der Waals surface area contributed by atoms with E-state index in [1.165, 1.54) is 35.1 Å². The van der Waals surface area contributed by atoms with Crippen molar-refractivity contribution in [3.8, 4) is 0 Å². The van der Waals surface area contributed by atoms with Gasteiger partial charge in [0.2, 0.25) is 0 Å². The first-order valence-corrected chi connectivity index (χ1v) is 7.88. The summed E-state index contributed by atoms with van der Waals surface area (Å²) in [4.78, 5) is 0. The van der Waals surface area contributed by atoms with Crippen LogP contribution < -0.4 is 0 Å². The molecule has 0 bridgehead atoms. The highest BCUT2D eigenvalue weighted by atomic mass is 31.0. The first-order valence-electron chi connectivity index (χ1n) is 6.81. The third-order valence-electron chi connectivity index (χ3n) is 3.30. The normalized spacial score (nSPS) is 13.9. The van der Waals surface area contributed by atoms with Crippen molar-refractivity contribution >= 4 is 13.8 Å². The van der Waals surface area contributed by atoms with Crippen molar-refractivity contribution < 1.29 is 0 Å². The van der Waals surface area contributed by atoms with Crippen LogP contribution in [0.15, 0.2) is 41.7 Å². The third-order valence-corrected chi connectivity index (χ3v) is 4.50. The zero-order valence-corrected chi connectivity index (χ0v) is 13.1. The molecule has 0 aliphatic heterocycles. The Morgan fingerprint density at radius 1 is 1.33 bits per heavy atom. The summed E-state index contributed by atoms with van der Waals surface area (Å²) < 4.78 is 0. The molecule has 0 saturated heterocycles. The van der Waals surface area contributed by atoms with Gasteiger partial charge in [-0.05, 0) is 54.5 Å². The lowest BCUT2D eigenvalue weighted by Crippen LogP contribution is -1.89. The summed E-state index contributed by atoms with van der Waals surface area (Å²) in [5, 5.41) is 1.61. The van der Waals surface area contributed by atoms with Gasteiger partial charge in [0.25, 0.3) is 0 Å². The molecule has 0 nitrogen and oxygen atoms in total. The average molecular weight is 260 g/mol. The molecule has 0 aliphatic rings. The minimum Gasteiger partial charge on any atom is -0.136 e. The number of hydrogen-bond acceptors (Lipinski definition) is 0. The minimum absolute atomic E-state index is 0.872. The standard InChI is InChI=1S/C17H25P/c1-6-9-17-15(10-11-18-17)16(14(5)8-3)12-13(4)7-2/h8,10-12,18H,3,6-7,9H2,1-2,4-5H3/b13-12-,16-14+. The first kappa shape index (κ1) is 15.1. The number of rotatable bonds is 6. The van der Waals surface area contributed by atoms with Crippen LogP contribution in [0.25, 0.3) is 5.57 Å². The highest BCUT2D eigenvalue weighted by Crippen LogP contribution is 2.32. The Bertz CT molecular complexity index is 458. The summed E-state index contributed by atoms with van der Waals surface area (Å²) in [7, 11) is 0.872. The molecule has 0 radical (unpaired) electrons. The highest BCUT2D eigenvalue weighted by Gasteiger charge is 2.08. The molecular weight excluding hydrogens is 235 g/mol. The second kappa shape index (κ2) is 7.44. The van der Waals surface area contributed by atoms with Crippen LogP contribution in [0, 0.1) is 0 Å². The molecule has 0 spiro atoms. The Balaban J connectivity index is 3.27. The van der Waals surface area contributed by atoms with E-state index in [2.05, 4.69) is 52.2 Å². The SMILES string of the molecule is C=C/C(C)=C(\C=C(\C)CC)c1cc[pH]c1CCC. The van der Waals surface area contributed by atoms with Gasteiger partial charge in [0.1, 0.15) is 0 Å². The molecule has 1 aromatic rings. The predicted molar refractivity (Wildman–Crippen MR) is 86.8 cm³/mol. The van der Waals surface area contributed by atoms with Crippen molar-refractivity contribution in [2.45, 2.75) is 47.0 Å². The molecule has 0 aliphatic carbocycles. The lowest BCUT2D eigenvalue weighted by molar-refractivity contribution is 0.937. The summed E-state index contributed by atoms with van der Waals surface area (Å²) in [6.45, 7) is 12.8. The Kier molecular flexibility index (Phi) is 6.22. The fraction of sp³-hybridized carbons (Fsp3) is 0.412. The van der Waals surface area contributed by atoms with Gasteiger partial charge in [-0.15, -0.1) is 8.19 Å². The largest absolute Gasteiger partial charge is 0.136 e. The molecule has 1 rings (SSSR count). The summed E-state index contributed by atoms with van der Waals surface area (Å²) >= 11 is 0. The zero-order valence-electron chi connectivity index (χ0n) is 12.1.